The van der Waals surface area contributed by atoms with Crippen molar-refractivity contribution in [2.24, 2.45) is 0 Å². The second kappa shape index (κ2) is 2.72. The first-order valence-corrected chi connectivity index (χ1v) is 5.28. The number of halogens is 1. The molecule has 0 bridgehead atoms. The largest absolute Gasteiger partial charge is 0.505 e. The van der Waals surface area contributed by atoms with E-state index in [-0.39, 0.29) is 5.75 Å². The van der Waals surface area contributed by atoms with Crippen molar-refractivity contribution in [2.45, 2.75) is 37.5 Å². The van der Waals surface area contributed by atoms with Crippen LogP contribution < -0.4 is 0 Å². The molecule has 2 saturated carbocycles. The highest BCUT2D eigenvalue weighted by atomic mass is 19.1. The van der Waals surface area contributed by atoms with Gasteiger partial charge in [-0.15, -0.1) is 0 Å². The molecule has 1 nitrogen and oxygen atoms in total. The number of benzene rings is 1. The van der Waals surface area contributed by atoms with E-state index in [0.717, 1.165) is 24.0 Å². The molecule has 0 radical (unpaired) electrons. The van der Waals surface area contributed by atoms with E-state index in [1.54, 1.807) is 0 Å². The van der Waals surface area contributed by atoms with E-state index in [1.807, 2.05) is 6.07 Å². The Morgan fingerprint density at radius 3 is 2.29 bits per heavy atom. The summed E-state index contributed by atoms with van der Waals surface area (Å²) >= 11 is 0. The summed E-state index contributed by atoms with van der Waals surface area (Å²) in [6.45, 7) is 0. The molecule has 0 unspecified atom stereocenters. The van der Waals surface area contributed by atoms with Crippen molar-refractivity contribution in [2.75, 3.05) is 0 Å². The van der Waals surface area contributed by atoms with E-state index >= 15 is 0 Å². The van der Waals surface area contributed by atoms with Gasteiger partial charge in [0.25, 0.3) is 0 Å². The van der Waals surface area contributed by atoms with E-state index in [0.29, 0.717) is 11.8 Å². The zero-order valence-electron chi connectivity index (χ0n) is 7.96. The quantitative estimate of drug-likeness (QED) is 0.762. The normalized spacial score (nSPS) is 21.2. The molecule has 2 fully saturated rings. The molecule has 0 aliphatic heterocycles. The third kappa shape index (κ3) is 1.29. The summed E-state index contributed by atoms with van der Waals surface area (Å²) in [4.78, 5) is 0. The van der Waals surface area contributed by atoms with Crippen LogP contribution in [0.4, 0.5) is 4.39 Å². The van der Waals surface area contributed by atoms with Gasteiger partial charge in [0.15, 0.2) is 11.6 Å². The van der Waals surface area contributed by atoms with Crippen molar-refractivity contribution in [1.82, 2.24) is 0 Å². The number of hydrogen-bond donors (Lipinski definition) is 1. The van der Waals surface area contributed by atoms with Gasteiger partial charge in [-0.05, 0) is 49.1 Å². The zero-order valence-corrected chi connectivity index (χ0v) is 7.96. The lowest BCUT2D eigenvalue weighted by molar-refractivity contribution is 0.425. The maximum absolute atomic E-state index is 13.4. The summed E-state index contributed by atoms with van der Waals surface area (Å²) in [5.74, 6) is 0.430. The molecule has 0 atom stereocenters. The van der Waals surface area contributed by atoms with Gasteiger partial charge in [0.2, 0.25) is 0 Å². The summed E-state index contributed by atoms with van der Waals surface area (Å²) in [6.07, 6.45) is 4.55. The minimum Gasteiger partial charge on any atom is -0.505 e. The molecular weight excluding hydrogens is 179 g/mol. The van der Waals surface area contributed by atoms with Crippen molar-refractivity contribution in [3.05, 3.63) is 29.1 Å². The summed E-state index contributed by atoms with van der Waals surface area (Å²) in [6, 6.07) is 3.51. The molecule has 1 N–H and O–H groups in total. The van der Waals surface area contributed by atoms with Crippen molar-refractivity contribution in [1.29, 1.82) is 0 Å². The molecule has 0 spiro atoms. The molecule has 0 heterocycles. The molecule has 74 valence electrons. The van der Waals surface area contributed by atoms with Gasteiger partial charge in [-0.3, -0.25) is 0 Å². The fourth-order valence-corrected chi connectivity index (χ4v) is 2.00. The van der Waals surface area contributed by atoms with E-state index in [9.17, 15) is 9.50 Å². The Kier molecular flexibility index (Phi) is 1.61. The highest BCUT2D eigenvalue weighted by Crippen LogP contribution is 2.48. The van der Waals surface area contributed by atoms with E-state index in [1.165, 1.54) is 18.9 Å². The molecule has 1 aromatic carbocycles. The van der Waals surface area contributed by atoms with Crippen LogP contribution >= 0.6 is 0 Å². The molecular formula is C12H13FO. The summed E-state index contributed by atoms with van der Waals surface area (Å²) < 4.78 is 13.4. The lowest BCUT2D eigenvalue weighted by atomic mass is 10.0. The Bertz CT molecular complexity index is 378. The number of rotatable bonds is 2. The van der Waals surface area contributed by atoms with Gasteiger partial charge in [-0.1, -0.05) is 6.07 Å². The average molecular weight is 192 g/mol. The third-order valence-corrected chi connectivity index (χ3v) is 3.18. The molecule has 14 heavy (non-hydrogen) atoms. The molecule has 1 aromatic rings. The Balaban J connectivity index is 2.06. The number of hydrogen-bond acceptors (Lipinski definition) is 1. The topological polar surface area (TPSA) is 20.2 Å². The average Bonchev–Trinajstić information content (AvgIpc) is 3.04. The smallest absolute Gasteiger partial charge is 0.165 e. The predicted octanol–water partition coefficient (Wildman–Crippen LogP) is 3.29. The van der Waals surface area contributed by atoms with Gasteiger partial charge >= 0.3 is 0 Å². The lowest BCUT2D eigenvalue weighted by Gasteiger charge is -2.07. The minimum absolute atomic E-state index is 0.114. The van der Waals surface area contributed by atoms with Gasteiger partial charge in [0, 0.05) is 5.56 Å². The van der Waals surface area contributed by atoms with Crippen LogP contribution in [-0.4, -0.2) is 5.11 Å². The summed E-state index contributed by atoms with van der Waals surface area (Å²) in [5.41, 5.74) is 1.93. The minimum atomic E-state index is -0.434. The van der Waals surface area contributed by atoms with Gasteiger partial charge < -0.3 is 5.11 Å². The van der Waals surface area contributed by atoms with Crippen LogP contribution in [0, 0.1) is 5.82 Å². The monoisotopic (exact) mass is 192 g/mol. The van der Waals surface area contributed by atoms with Crippen molar-refractivity contribution in [3.63, 3.8) is 0 Å². The van der Waals surface area contributed by atoms with Crippen LogP contribution in [0.1, 0.15) is 48.6 Å². The van der Waals surface area contributed by atoms with Crippen LogP contribution in [0.15, 0.2) is 12.1 Å². The molecule has 0 aromatic heterocycles. The number of aromatic hydroxyl groups is 1. The standard InChI is InChI=1S/C12H13FO/c13-11-6-9(7-1-2-7)5-10(12(11)14)8-3-4-8/h5-8,14H,1-4H2. The molecule has 0 saturated heterocycles. The van der Waals surface area contributed by atoms with Crippen LogP contribution in [-0.2, 0) is 0 Å². The van der Waals surface area contributed by atoms with E-state index in [4.69, 9.17) is 0 Å². The molecule has 3 rings (SSSR count). The third-order valence-electron chi connectivity index (χ3n) is 3.18. The second-order valence-electron chi connectivity index (χ2n) is 4.49. The Morgan fingerprint density at radius 2 is 1.71 bits per heavy atom. The number of phenols is 1. The fourth-order valence-electron chi connectivity index (χ4n) is 2.00. The Hall–Kier alpha value is -1.05. The maximum atomic E-state index is 13.4. The molecule has 0 amide bonds. The highest BCUT2D eigenvalue weighted by molar-refractivity contribution is 5.43. The first kappa shape index (κ1) is 8.27. The van der Waals surface area contributed by atoms with E-state index in [2.05, 4.69) is 0 Å². The molecule has 2 heteroatoms. The Morgan fingerprint density at radius 1 is 1.07 bits per heavy atom. The summed E-state index contributed by atoms with van der Waals surface area (Å²) in [7, 11) is 0. The second-order valence-corrected chi connectivity index (χ2v) is 4.49. The highest BCUT2D eigenvalue weighted by Gasteiger charge is 2.31. The van der Waals surface area contributed by atoms with E-state index < -0.39 is 5.82 Å². The first-order valence-electron chi connectivity index (χ1n) is 5.28. The molecule has 2 aliphatic rings. The van der Waals surface area contributed by atoms with Crippen LogP contribution in [0.2, 0.25) is 0 Å². The Labute approximate surface area is 82.6 Å². The number of phenolic OH excluding ortho intramolecular Hbond substituents is 1. The first-order chi connectivity index (χ1) is 6.75. The summed E-state index contributed by atoms with van der Waals surface area (Å²) in [5, 5.41) is 9.56. The molecule has 2 aliphatic carbocycles. The van der Waals surface area contributed by atoms with Crippen molar-refractivity contribution >= 4 is 0 Å². The van der Waals surface area contributed by atoms with Crippen LogP contribution in [0.3, 0.4) is 0 Å². The maximum Gasteiger partial charge on any atom is 0.165 e. The fraction of sp³-hybridized carbons (Fsp3) is 0.500. The van der Waals surface area contributed by atoms with Gasteiger partial charge in [-0.25, -0.2) is 4.39 Å². The van der Waals surface area contributed by atoms with Crippen molar-refractivity contribution in [3.8, 4) is 5.75 Å². The van der Waals surface area contributed by atoms with Gasteiger partial charge in [0.1, 0.15) is 0 Å². The van der Waals surface area contributed by atoms with Crippen LogP contribution in [0.5, 0.6) is 5.75 Å². The van der Waals surface area contributed by atoms with Crippen molar-refractivity contribution < 1.29 is 9.50 Å². The van der Waals surface area contributed by atoms with Gasteiger partial charge in [0.05, 0.1) is 0 Å². The van der Waals surface area contributed by atoms with Crippen LogP contribution in [0.25, 0.3) is 0 Å². The SMILES string of the molecule is Oc1c(F)cc(C2CC2)cc1C1CC1. The zero-order chi connectivity index (χ0) is 9.71. The van der Waals surface area contributed by atoms with Gasteiger partial charge in [-0.2, -0.15) is 0 Å². The predicted molar refractivity (Wildman–Crippen MR) is 52.0 cm³/mol. The lowest BCUT2D eigenvalue weighted by Crippen LogP contribution is -1.90.